The van der Waals surface area contributed by atoms with Gasteiger partial charge in [0.1, 0.15) is 17.8 Å². The van der Waals surface area contributed by atoms with E-state index in [1.807, 2.05) is 50.2 Å². The SMILES string of the molecule is COc1ccc(N2C(=O)CSC2=NC(=O)NCCC(C)Cc2ccc(-c3ncn(-c4ccc(OC(F)(F)F)cc4)n3)cc2)c(C(C)C)c1. The van der Waals surface area contributed by atoms with Crippen molar-refractivity contribution < 1.29 is 32.2 Å². The summed E-state index contributed by atoms with van der Waals surface area (Å²) < 4.78 is 48.0. The van der Waals surface area contributed by atoms with Crippen molar-refractivity contribution in [2.75, 3.05) is 24.3 Å². The number of nitrogens with zero attached hydrogens (tertiary/aromatic N) is 5. The Bertz CT molecular complexity index is 1770. The van der Waals surface area contributed by atoms with E-state index in [-0.39, 0.29) is 29.2 Å². The van der Waals surface area contributed by atoms with Crippen LogP contribution in [0.15, 0.2) is 78.0 Å². The Labute approximate surface area is 280 Å². The highest BCUT2D eigenvalue weighted by atomic mass is 32.2. The number of carbonyl (C=O) groups excluding carboxylic acids is 2. The van der Waals surface area contributed by atoms with E-state index in [1.165, 1.54) is 51.9 Å². The molecular formula is C34H35F3N6O4S. The second kappa shape index (κ2) is 14.9. The molecule has 0 bridgehead atoms. The van der Waals surface area contributed by atoms with Gasteiger partial charge < -0.3 is 14.8 Å². The maximum atomic E-state index is 12.8. The first-order chi connectivity index (χ1) is 22.9. The zero-order chi connectivity index (χ0) is 34.4. The van der Waals surface area contributed by atoms with Crippen molar-refractivity contribution in [2.24, 2.45) is 10.9 Å². The van der Waals surface area contributed by atoms with Gasteiger partial charge in [-0.1, -0.05) is 56.8 Å². The van der Waals surface area contributed by atoms with Crippen LogP contribution in [0.2, 0.25) is 0 Å². The van der Waals surface area contributed by atoms with Gasteiger partial charge >= 0.3 is 12.4 Å². The number of amidine groups is 1. The lowest BCUT2D eigenvalue weighted by atomic mass is 9.97. The number of rotatable bonds is 11. The van der Waals surface area contributed by atoms with Crippen LogP contribution in [0.1, 0.15) is 44.2 Å². The van der Waals surface area contributed by atoms with Crippen LogP contribution >= 0.6 is 11.8 Å². The number of benzene rings is 3. The molecule has 5 rings (SSSR count). The summed E-state index contributed by atoms with van der Waals surface area (Å²) in [7, 11) is 1.59. The second-order valence-corrected chi connectivity index (χ2v) is 12.5. The minimum atomic E-state index is -4.75. The summed E-state index contributed by atoms with van der Waals surface area (Å²) in [4.78, 5) is 35.6. The second-order valence-electron chi connectivity index (χ2n) is 11.6. The molecule has 1 fully saturated rings. The number of aromatic nitrogens is 3. The third-order valence-electron chi connectivity index (χ3n) is 7.60. The van der Waals surface area contributed by atoms with Gasteiger partial charge in [0.25, 0.3) is 0 Å². The van der Waals surface area contributed by atoms with Crippen molar-refractivity contribution in [3.8, 4) is 28.6 Å². The van der Waals surface area contributed by atoms with E-state index in [0.717, 1.165) is 29.5 Å². The molecule has 2 heterocycles. The summed E-state index contributed by atoms with van der Waals surface area (Å²) in [5.74, 6) is 1.32. The number of anilines is 1. The number of hydrogen-bond donors (Lipinski definition) is 1. The molecule has 1 aliphatic heterocycles. The predicted octanol–water partition coefficient (Wildman–Crippen LogP) is 7.38. The molecule has 4 aromatic rings. The molecule has 48 heavy (non-hydrogen) atoms. The Kier molecular flexibility index (Phi) is 10.7. The fourth-order valence-corrected chi connectivity index (χ4v) is 6.03. The van der Waals surface area contributed by atoms with Crippen LogP contribution < -0.4 is 19.7 Å². The molecule has 3 aromatic carbocycles. The number of aliphatic imine (C=N–C) groups is 1. The van der Waals surface area contributed by atoms with E-state index in [2.05, 4.69) is 32.1 Å². The molecular weight excluding hydrogens is 645 g/mol. The first kappa shape index (κ1) is 34.5. The molecule has 0 radical (unpaired) electrons. The van der Waals surface area contributed by atoms with Crippen LogP contribution in [-0.2, 0) is 11.2 Å². The number of methoxy groups -OCH3 is 1. The summed E-state index contributed by atoms with van der Waals surface area (Å²) in [6, 6.07) is 18.2. The summed E-state index contributed by atoms with van der Waals surface area (Å²) >= 11 is 1.24. The average molecular weight is 681 g/mol. The van der Waals surface area contributed by atoms with Crippen LogP contribution in [0.5, 0.6) is 11.5 Å². The average Bonchev–Trinajstić information content (AvgIpc) is 3.67. The smallest absolute Gasteiger partial charge is 0.497 e. The number of thioether (sulfide) groups is 1. The topological polar surface area (TPSA) is 111 Å². The van der Waals surface area contributed by atoms with Crippen molar-refractivity contribution in [1.82, 2.24) is 20.1 Å². The van der Waals surface area contributed by atoms with Crippen molar-refractivity contribution in [1.29, 1.82) is 0 Å². The molecule has 1 aliphatic rings. The normalized spacial score (nSPS) is 14.9. The Hall–Kier alpha value is -4.85. The number of alkyl halides is 3. The number of carbonyl (C=O) groups is 2. The fourth-order valence-electron chi connectivity index (χ4n) is 5.17. The van der Waals surface area contributed by atoms with E-state index in [0.29, 0.717) is 34.7 Å². The molecule has 0 spiro atoms. The first-order valence-corrected chi connectivity index (χ1v) is 16.3. The number of hydrogen-bond acceptors (Lipinski definition) is 7. The first-order valence-electron chi connectivity index (χ1n) is 15.3. The van der Waals surface area contributed by atoms with Crippen LogP contribution in [0.4, 0.5) is 23.7 Å². The van der Waals surface area contributed by atoms with E-state index >= 15 is 0 Å². The van der Waals surface area contributed by atoms with Gasteiger partial charge in [-0.2, -0.15) is 4.99 Å². The van der Waals surface area contributed by atoms with E-state index in [1.54, 1.807) is 13.2 Å². The lowest BCUT2D eigenvalue weighted by Crippen LogP contribution is -2.32. The summed E-state index contributed by atoms with van der Waals surface area (Å²) in [5.41, 5.74) is 4.07. The third kappa shape index (κ3) is 8.73. The van der Waals surface area contributed by atoms with E-state index in [4.69, 9.17) is 4.74 Å². The van der Waals surface area contributed by atoms with Gasteiger partial charge in [-0.05, 0) is 78.3 Å². The highest BCUT2D eigenvalue weighted by Gasteiger charge is 2.33. The molecule has 252 valence electrons. The number of urea groups is 1. The molecule has 3 amide bonds. The Morgan fingerprint density at radius 2 is 1.75 bits per heavy atom. The minimum absolute atomic E-state index is 0.126. The van der Waals surface area contributed by atoms with Crippen molar-refractivity contribution in [3.63, 3.8) is 0 Å². The van der Waals surface area contributed by atoms with Crippen molar-refractivity contribution in [3.05, 3.63) is 84.2 Å². The van der Waals surface area contributed by atoms with Gasteiger partial charge in [0.2, 0.25) is 5.91 Å². The zero-order valence-electron chi connectivity index (χ0n) is 26.8. The van der Waals surface area contributed by atoms with Crippen LogP contribution in [0, 0.1) is 5.92 Å². The number of halogens is 3. The quantitative estimate of drug-likeness (QED) is 0.176. The summed E-state index contributed by atoms with van der Waals surface area (Å²) in [6.45, 7) is 6.60. The van der Waals surface area contributed by atoms with Gasteiger partial charge in [-0.25, -0.2) is 14.5 Å². The summed E-state index contributed by atoms with van der Waals surface area (Å²) in [6.07, 6.45) is -1.75. The molecule has 10 nitrogen and oxygen atoms in total. The molecule has 1 N–H and O–H groups in total. The van der Waals surface area contributed by atoms with Crippen molar-refractivity contribution in [2.45, 2.75) is 45.9 Å². The largest absolute Gasteiger partial charge is 0.573 e. The molecule has 1 atom stereocenters. The molecule has 0 aliphatic carbocycles. The number of ether oxygens (including phenoxy) is 2. The van der Waals surface area contributed by atoms with Gasteiger partial charge in [-0.3, -0.25) is 9.69 Å². The Balaban J connectivity index is 1.12. The minimum Gasteiger partial charge on any atom is -0.497 e. The van der Waals surface area contributed by atoms with Crippen molar-refractivity contribution >= 4 is 34.6 Å². The van der Waals surface area contributed by atoms with E-state index < -0.39 is 12.4 Å². The monoisotopic (exact) mass is 680 g/mol. The highest BCUT2D eigenvalue weighted by Crippen LogP contribution is 2.35. The standard InChI is InChI=1S/C34H35F3N6O4S/c1-21(2)28-18-27(46-4)13-14-29(28)43-30(44)19-48-33(43)40-32(45)38-16-15-22(3)17-23-5-7-24(8-6-23)31-39-20-42(41-31)25-9-11-26(12-10-25)47-34(35,36)37/h5-14,18,20-22H,15-17,19H2,1-4H3,(H,38,45). The van der Waals surface area contributed by atoms with E-state index in [9.17, 15) is 22.8 Å². The van der Waals surface area contributed by atoms with Gasteiger partial charge in [0.15, 0.2) is 11.0 Å². The third-order valence-corrected chi connectivity index (χ3v) is 8.52. The maximum Gasteiger partial charge on any atom is 0.573 e. The van der Waals surface area contributed by atoms with Crippen LogP contribution in [0.25, 0.3) is 17.1 Å². The van der Waals surface area contributed by atoms with Crippen LogP contribution in [0.3, 0.4) is 0 Å². The van der Waals surface area contributed by atoms with Gasteiger partial charge in [0.05, 0.1) is 24.2 Å². The van der Waals surface area contributed by atoms with Crippen LogP contribution in [-0.4, -0.2) is 57.6 Å². The summed E-state index contributed by atoms with van der Waals surface area (Å²) in [5, 5.41) is 7.65. The molecule has 0 saturated carbocycles. The molecule has 1 saturated heterocycles. The lowest BCUT2D eigenvalue weighted by Gasteiger charge is -2.22. The number of nitrogens with one attached hydrogen (secondary N) is 1. The highest BCUT2D eigenvalue weighted by molar-refractivity contribution is 8.15. The van der Waals surface area contributed by atoms with Gasteiger partial charge in [0, 0.05) is 12.1 Å². The van der Waals surface area contributed by atoms with Gasteiger partial charge in [-0.15, -0.1) is 18.3 Å². The molecule has 1 aromatic heterocycles. The Morgan fingerprint density at radius 1 is 1.04 bits per heavy atom. The maximum absolute atomic E-state index is 12.8. The Morgan fingerprint density at radius 3 is 2.42 bits per heavy atom. The predicted molar refractivity (Wildman–Crippen MR) is 179 cm³/mol. The number of amides is 3. The fraction of sp³-hybridized carbons (Fsp3) is 0.324. The lowest BCUT2D eigenvalue weighted by molar-refractivity contribution is -0.274. The zero-order valence-corrected chi connectivity index (χ0v) is 27.6. The molecule has 1 unspecified atom stereocenters. The molecule has 14 heteroatoms.